The van der Waals surface area contributed by atoms with Crippen LogP contribution in [-0.4, -0.2) is 70.9 Å². The molecular formula is C28H32O12. The van der Waals surface area contributed by atoms with Crippen LogP contribution in [0.5, 0.6) is 0 Å². The number of furan rings is 1. The van der Waals surface area contributed by atoms with E-state index in [0.717, 1.165) is 14.0 Å². The molecule has 2 aliphatic carbocycles. The van der Waals surface area contributed by atoms with Crippen LogP contribution in [-0.2, 0) is 47.7 Å². The van der Waals surface area contributed by atoms with Gasteiger partial charge in [-0.05, 0) is 25.8 Å². The Kier molecular flexibility index (Phi) is 5.20. The zero-order valence-electron chi connectivity index (χ0n) is 23.1. The van der Waals surface area contributed by atoms with E-state index in [1.165, 1.54) is 33.3 Å². The first-order chi connectivity index (χ1) is 18.6. The second-order valence-corrected chi connectivity index (χ2v) is 12.7. The van der Waals surface area contributed by atoms with Crippen molar-refractivity contribution in [1.29, 1.82) is 0 Å². The van der Waals surface area contributed by atoms with E-state index in [-0.39, 0.29) is 12.8 Å². The second kappa shape index (κ2) is 7.73. The lowest BCUT2D eigenvalue weighted by Crippen LogP contribution is -2.77. The molecule has 5 fully saturated rings. The van der Waals surface area contributed by atoms with E-state index in [9.17, 15) is 29.1 Å². The second-order valence-electron chi connectivity index (χ2n) is 12.7. The number of ether oxygens (including phenoxy) is 5. The smallest absolute Gasteiger partial charge is 0.347 e. The van der Waals surface area contributed by atoms with Crippen LogP contribution >= 0.6 is 0 Å². The maximum atomic E-state index is 14.6. The molecule has 12 nitrogen and oxygen atoms in total. The highest BCUT2D eigenvalue weighted by atomic mass is 16.6. The van der Waals surface area contributed by atoms with Crippen LogP contribution < -0.4 is 0 Å². The van der Waals surface area contributed by atoms with Gasteiger partial charge < -0.3 is 33.2 Å². The lowest BCUT2D eigenvalue weighted by Gasteiger charge is -2.55. The van der Waals surface area contributed by atoms with E-state index in [1.807, 2.05) is 0 Å². The summed E-state index contributed by atoms with van der Waals surface area (Å²) in [6.45, 7) is 7.41. The predicted octanol–water partition coefficient (Wildman–Crippen LogP) is 1.57. The monoisotopic (exact) mass is 560 g/mol. The molecule has 1 spiro atoms. The summed E-state index contributed by atoms with van der Waals surface area (Å²) in [5, 5.41) is 12.8. The number of ketones is 1. The summed E-state index contributed by atoms with van der Waals surface area (Å²) in [5.74, 6) is -5.14. The molecule has 0 aromatic carbocycles. The molecule has 1 aromatic rings. The molecular weight excluding hydrogens is 528 g/mol. The Balaban J connectivity index is 1.64. The van der Waals surface area contributed by atoms with Gasteiger partial charge in [0.05, 0.1) is 26.1 Å². The largest absolute Gasteiger partial charge is 0.472 e. The number of rotatable bonds is 3. The quantitative estimate of drug-likeness (QED) is 0.420. The molecule has 9 atom stereocenters. The highest BCUT2D eigenvalue weighted by Crippen LogP contribution is 2.76. The van der Waals surface area contributed by atoms with Gasteiger partial charge in [-0.2, -0.15) is 0 Å². The highest BCUT2D eigenvalue weighted by molar-refractivity contribution is 6.02. The van der Waals surface area contributed by atoms with Crippen molar-refractivity contribution >= 4 is 29.7 Å². The normalized spacial score (nSPS) is 46.4. The lowest BCUT2D eigenvalue weighted by atomic mass is 9.47. The third kappa shape index (κ3) is 2.63. The number of hydrogen-bond acceptors (Lipinski definition) is 12. The summed E-state index contributed by atoms with van der Waals surface area (Å²) in [7, 11) is 1.14. The molecule has 5 aliphatic rings. The van der Waals surface area contributed by atoms with E-state index in [0.29, 0.717) is 5.56 Å². The first kappa shape index (κ1) is 26.9. The number of cyclic esters (lactones) is 2. The van der Waals surface area contributed by atoms with Gasteiger partial charge in [0, 0.05) is 29.2 Å². The van der Waals surface area contributed by atoms with Crippen molar-refractivity contribution in [2.75, 3.05) is 7.11 Å². The fourth-order valence-electron chi connectivity index (χ4n) is 9.02. The summed E-state index contributed by atoms with van der Waals surface area (Å²) in [6, 6.07) is 1.63. The Hall–Kier alpha value is -3.25. The van der Waals surface area contributed by atoms with Gasteiger partial charge in [0.1, 0.15) is 23.2 Å². The molecule has 0 amide bonds. The summed E-state index contributed by atoms with van der Waals surface area (Å²) in [4.78, 5) is 67.1. The molecule has 3 saturated heterocycles. The highest BCUT2D eigenvalue weighted by Gasteiger charge is 2.93. The molecule has 6 rings (SSSR count). The van der Waals surface area contributed by atoms with Gasteiger partial charge in [-0.3, -0.25) is 19.2 Å². The third-order valence-electron chi connectivity index (χ3n) is 10.6. The molecule has 0 unspecified atom stereocenters. The first-order valence-corrected chi connectivity index (χ1v) is 13.2. The van der Waals surface area contributed by atoms with Crippen LogP contribution in [0.2, 0.25) is 0 Å². The molecule has 0 bridgehead atoms. The first-order valence-electron chi connectivity index (χ1n) is 13.2. The minimum absolute atomic E-state index is 0.0703. The molecule has 0 radical (unpaired) electrons. The number of hydrogen-bond donors (Lipinski definition) is 1. The van der Waals surface area contributed by atoms with Crippen molar-refractivity contribution in [2.24, 2.45) is 22.2 Å². The van der Waals surface area contributed by atoms with Crippen molar-refractivity contribution in [3.63, 3.8) is 0 Å². The Morgan fingerprint density at radius 1 is 1.07 bits per heavy atom. The standard InChI is InChI=1S/C28H32O12/c1-13(29)39-26-9-8-24(4)18(14-7-10-36-12-14)37-15(30)11-27(24,26)40-21-25(5)17(16(19(31)35-6)38-22(25)33)23(2,3)20(32)28(21,26)34/h7,10,12,16-18,21,34H,8-9,11H2,1-6H3/t16-,17+,18+,21-,24+,25-,26-,27-,28-/m1/s1. The van der Waals surface area contributed by atoms with Gasteiger partial charge >= 0.3 is 23.9 Å². The van der Waals surface area contributed by atoms with Gasteiger partial charge in [-0.1, -0.05) is 20.8 Å². The van der Waals surface area contributed by atoms with Gasteiger partial charge in [0.15, 0.2) is 17.0 Å². The van der Waals surface area contributed by atoms with Crippen LogP contribution in [0, 0.1) is 22.2 Å². The number of aliphatic hydroxyl groups is 1. The Morgan fingerprint density at radius 3 is 2.38 bits per heavy atom. The minimum atomic E-state index is -2.59. The van der Waals surface area contributed by atoms with Gasteiger partial charge in [-0.25, -0.2) is 4.79 Å². The summed E-state index contributed by atoms with van der Waals surface area (Å²) < 4.78 is 34.3. The van der Waals surface area contributed by atoms with Crippen LogP contribution in [0.4, 0.5) is 0 Å². The number of esters is 4. The van der Waals surface area contributed by atoms with Crippen molar-refractivity contribution in [3.05, 3.63) is 24.2 Å². The van der Waals surface area contributed by atoms with E-state index >= 15 is 0 Å². The van der Waals surface area contributed by atoms with Crippen LogP contribution in [0.15, 0.2) is 23.0 Å². The van der Waals surface area contributed by atoms with E-state index in [4.69, 9.17) is 28.1 Å². The van der Waals surface area contributed by atoms with Gasteiger partial charge in [0.25, 0.3) is 0 Å². The molecule has 1 N–H and O–H groups in total. The molecule has 1 aromatic heterocycles. The molecule has 216 valence electrons. The van der Waals surface area contributed by atoms with Crippen LogP contribution in [0.3, 0.4) is 0 Å². The number of carbonyl (C=O) groups is 5. The molecule has 12 heteroatoms. The number of carbonyl (C=O) groups excluding carboxylic acids is 5. The van der Waals surface area contributed by atoms with E-state index in [1.54, 1.807) is 13.0 Å². The van der Waals surface area contributed by atoms with Gasteiger partial charge in [0.2, 0.25) is 6.10 Å². The summed E-state index contributed by atoms with van der Waals surface area (Å²) >= 11 is 0. The topological polar surface area (TPSA) is 165 Å². The average molecular weight is 561 g/mol. The van der Waals surface area contributed by atoms with Crippen molar-refractivity contribution in [1.82, 2.24) is 0 Å². The Morgan fingerprint density at radius 2 is 1.77 bits per heavy atom. The van der Waals surface area contributed by atoms with Crippen molar-refractivity contribution in [3.8, 4) is 0 Å². The van der Waals surface area contributed by atoms with Crippen LogP contribution in [0.25, 0.3) is 0 Å². The fourth-order valence-corrected chi connectivity index (χ4v) is 9.02. The lowest BCUT2D eigenvalue weighted by molar-refractivity contribution is -0.251. The minimum Gasteiger partial charge on any atom is -0.472 e. The molecule has 3 aliphatic heterocycles. The Labute approximate surface area is 229 Å². The summed E-state index contributed by atoms with van der Waals surface area (Å²) in [5.41, 5.74) is -10.4. The number of methoxy groups -OCH3 is 1. The van der Waals surface area contributed by atoms with Crippen molar-refractivity contribution < 1.29 is 57.2 Å². The third-order valence-corrected chi connectivity index (χ3v) is 10.6. The molecule has 40 heavy (non-hydrogen) atoms. The Bertz CT molecular complexity index is 1350. The van der Waals surface area contributed by atoms with Crippen LogP contribution in [0.1, 0.15) is 65.5 Å². The molecule has 4 heterocycles. The predicted molar refractivity (Wildman–Crippen MR) is 129 cm³/mol. The summed E-state index contributed by atoms with van der Waals surface area (Å²) in [6.07, 6.45) is -1.50. The molecule has 2 saturated carbocycles. The van der Waals surface area contributed by atoms with Gasteiger partial charge in [-0.15, -0.1) is 0 Å². The maximum Gasteiger partial charge on any atom is 0.347 e. The zero-order chi connectivity index (χ0) is 29.3. The van der Waals surface area contributed by atoms with Crippen molar-refractivity contribution in [2.45, 2.75) is 89.0 Å². The zero-order valence-corrected chi connectivity index (χ0v) is 23.1. The maximum absolute atomic E-state index is 14.6. The average Bonchev–Trinajstić information content (AvgIpc) is 3.61. The number of fused-ring (bicyclic) bond motifs is 4. The van der Waals surface area contributed by atoms with E-state index in [2.05, 4.69) is 0 Å². The number of Topliss-reactive ketones (excluding diaryl/α,β-unsaturated/α-hetero) is 1. The SMILES string of the molecule is COC(=O)[C@@H]1OC(=O)[C@@]2(C)[C@H]3O[C@]45CC(=O)O[C@@H](c6ccoc6)[C@]4(C)CC[C@]5(OC(C)=O)[C@@]3(O)C(=O)C(C)(C)[C@H]12. The van der Waals surface area contributed by atoms with E-state index < -0.39 is 93.4 Å². The fraction of sp³-hybridized carbons (Fsp3) is 0.679.